The molecule has 2 heterocycles. The van der Waals surface area contributed by atoms with Crippen molar-refractivity contribution in [3.05, 3.63) is 35.8 Å². The van der Waals surface area contributed by atoms with Gasteiger partial charge in [0.25, 0.3) is 5.91 Å². The van der Waals surface area contributed by atoms with Gasteiger partial charge in [0.15, 0.2) is 0 Å². The molecule has 0 aromatic carbocycles. The van der Waals surface area contributed by atoms with Crippen molar-refractivity contribution in [2.75, 3.05) is 10.7 Å². The maximum absolute atomic E-state index is 12.3. The number of nitrogens with one attached hydrogen (secondary N) is 2. The van der Waals surface area contributed by atoms with Gasteiger partial charge in [0.2, 0.25) is 0 Å². The number of anilines is 2. The quantitative estimate of drug-likeness (QED) is 0.589. The van der Waals surface area contributed by atoms with Crippen LogP contribution < -0.4 is 16.6 Å². The number of carbonyl (C=O) groups excluding carboxylic acids is 1. The molecule has 112 valence electrons. The molecule has 0 fully saturated rings. The van der Waals surface area contributed by atoms with E-state index in [4.69, 9.17) is 5.84 Å². The summed E-state index contributed by atoms with van der Waals surface area (Å²) in [5.74, 6) is 5.66. The fourth-order valence-electron chi connectivity index (χ4n) is 1.81. The van der Waals surface area contributed by atoms with Crippen LogP contribution in [0.5, 0.6) is 0 Å². The van der Waals surface area contributed by atoms with Gasteiger partial charge in [-0.25, -0.2) is 10.8 Å². The lowest BCUT2D eigenvalue weighted by molar-refractivity contribution is 0.102. The zero-order valence-electron chi connectivity index (χ0n) is 12.6. The first-order valence-electron chi connectivity index (χ1n) is 6.59. The van der Waals surface area contributed by atoms with E-state index >= 15 is 0 Å². The van der Waals surface area contributed by atoms with Crippen LogP contribution in [0, 0.1) is 0 Å². The molecule has 4 N–H and O–H groups in total. The smallest absolute Gasteiger partial charge is 0.255 e. The van der Waals surface area contributed by atoms with Crippen molar-refractivity contribution in [3.63, 3.8) is 0 Å². The number of hydrogen-bond donors (Lipinski definition) is 3. The van der Waals surface area contributed by atoms with E-state index in [0.29, 0.717) is 17.1 Å². The molecule has 0 bridgehead atoms. The zero-order chi connectivity index (χ0) is 15.6. The maximum Gasteiger partial charge on any atom is 0.255 e. The molecular formula is C14H20N6O. The van der Waals surface area contributed by atoms with Gasteiger partial charge >= 0.3 is 0 Å². The summed E-state index contributed by atoms with van der Waals surface area (Å²) in [4.78, 5) is 16.7. The van der Waals surface area contributed by atoms with E-state index in [1.807, 2.05) is 20.8 Å². The largest absolute Gasteiger partial charge is 0.319 e. The third-order valence-corrected chi connectivity index (χ3v) is 2.97. The molecule has 0 aliphatic heterocycles. The summed E-state index contributed by atoms with van der Waals surface area (Å²) in [5, 5.41) is 6.80. The monoisotopic (exact) mass is 288 g/mol. The van der Waals surface area contributed by atoms with Gasteiger partial charge < -0.3 is 10.7 Å². The number of hydrogen-bond acceptors (Lipinski definition) is 5. The van der Waals surface area contributed by atoms with Gasteiger partial charge in [-0.15, -0.1) is 0 Å². The summed E-state index contributed by atoms with van der Waals surface area (Å²) in [6.07, 6.45) is 3.32. The van der Waals surface area contributed by atoms with Gasteiger partial charge in [0.05, 0.1) is 11.9 Å². The summed E-state index contributed by atoms with van der Waals surface area (Å²) in [7, 11) is 1.79. The van der Waals surface area contributed by atoms with Crippen LogP contribution >= 0.6 is 0 Å². The lowest BCUT2D eigenvalue weighted by Gasteiger charge is -2.19. The molecule has 0 saturated heterocycles. The molecule has 1 amide bonds. The Morgan fingerprint density at radius 2 is 2.05 bits per heavy atom. The number of nitrogens with zero attached hydrogens (tertiary/aromatic N) is 3. The Labute approximate surface area is 123 Å². The number of pyridine rings is 1. The minimum Gasteiger partial charge on any atom is -0.319 e. The van der Waals surface area contributed by atoms with Crippen LogP contribution in [0.15, 0.2) is 24.5 Å². The number of hydrazine groups is 1. The second-order valence-electron chi connectivity index (χ2n) is 5.88. The normalized spacial score (nSPS) is 11.3. The van der Waals surface area contributed by atoms with E-state index in [2.05, 4.69) is 20.8 Å². The van der Waals surface area contributed by atoms with E-state index in [0.717, 1.165) is 5.69 Å². The summed E-state index contributed by atoms with van der Waals surface area (Å²) < 4.78 is 1.62. The summed E-state index contributed by atoms with van der Waals surface area (Å²) in [5.41, 5.74) is 4.23. The van der Waals surface area contributed by atoms with Crippen LogP contribution in [0.2, 0.25) is 0 Å². The predicted octanol–water partition coefficient (Wildman–Crippen LogP) is 1.65. The van der Waals surface area contributed by atoms with Crippen molar-refractivity contribution in [2.45, 2.75) is 26.2 Å². The van der Waals surface area contributed by atoms with Gasteiger partial charge in [-0.05, 0) is 12.1 Å². The van der Waals surface area contributed by atoms with Gasteiger partial charge in [-0.1, -0.05) is 20.8 Å². The molecule has 0 spiro atoms. The van der Waals surface area contributed by atoms with Crippen LogP contribution in [0.25, 0.3) is 0 Å². The molecule has 0 radical (unpaired) electrons. The third kappa shape index (κ3) is 3.57. The van der Waals surface area contributed by atoms with Crippen molar-refractivity contribution in [1.82, 2.24) is 14.8 Å². The molecule has 7 heteroatoms. The highest BCUT2D eigenvalue weighted by Gasteiger charge is 2.19. The number of nitrogens with two attached hydrogens (primary N) is 1. The van der Waals surface area contributed by atoms with E-state index in [9.17, 15) is 4.79 Å². The second kappa shape index (κ2) is 5.53. The van der Waals surface area contributed by atoms with Crippen molar-refractivity contribution < 1.29 is 4.79 Å². The predicted molar refractivity (Wildman–Crippen MR) is 81.9 cm³/mol. The fraction of sp³-hybridized carbons (Fsp3) is 0.357. The van der Waals surface area contributed by atoms with Crippen LogP contribution in [0.1, 0.15) is 36.8 Å². The number of rotatable bonds is 3. The SMILES string of the molecule is Cn1cc(NC(=O)c2cc(NN)nc(C(C)(C)C)c2)cn1. The average molecular weight is 288 g/mol. The van der Waals surface area contributed by atoms with Crippen LogP contribution in [-0.2, 0) is 12.5 Å². The van der Waals surface area contributed by atoms with Crippen molar-refractivity contribution in [2.24, 2.45) is 12.9 Å². The van der Waals surface area contributed by atoms with E-state index in [1.165, 1.54) is 0 Å². The standard InChI is InChI=1S/C14H20N6O/c1-14(2,3)11-5-9(6-12(18-11)19-15)13(21)17-10-7-16-20(4)8-10/h5-8H,15H2,1-4H3,(H,17,21)(H,18,19). The number of carbonyl (C=O) groups is 1. The van der Waals surface area contributed by atoms with Crippen LogP contribution in [-0.4, -0.2) is 20.7 Å². The number of amides is 1. The van der Waals surface area contributed by atoms with Gasteiger partial charge in [-0.2, -0.15) is 5.10 Å². The number of aromatic nitrogens is 3. The highest BCUT2D eigenvalue weighted by molar-refractivity contribution is 6.04. The average Bonchev–Trinajstić information content (AvgIpc) is 2.82. The number of aryl methyl sites for hydroxylation is 1. The first kappa shape index (κ1) is 15.0. The molecule has 7 nitrogen and oxygen atoms in total. The van der Waals surface area contributed by atoms with Gasteiger partial charge in [0, 0.05) is 29.9 Å². The Balaban J connectivity index is 2.31. The Kier molecular flexibility index (Phi) is 3.95. The van der Waals surface area contributed by atoms with E-state index in [1.54, 1.807) is 36.3 Å². The summed E-state index contributed by atoms with van der Waals surface area (Å²) >= 11 is 0. The molecular weight excluding hydrogens is 268 g/mol. The highest BCUT2D eigenvalue weighted by atomic mass is 16.1. The van der Waals surface area contributed by atoms with Crippen molar-refractivity contribution >= 4 is 17.4 Å². The first-order chi connectivity index (χ1) is 9.79. The highest BCUT2D eigenvalue weighted by Crippen LogP contribution is 2.23. The zero-order valence-corrected chi connectivity index (χ0v) is 12.6. The second-order valence-corrected chi connectivity index (χ2v) is 5.88. The molecule has 0 unspecified atom stereocenters. The summed E-state index contributed by atoms with van der Waals surface area (Å²) in [6, 6.07) is 3.38. The third-order valence-electron chi connectivity index (χ3n) is 2.97. The Morgan fingerprint density at radius 3 is 2.57 bits per heavy atom. The molecule has 2 aromatic rings. The Bertz CT molecular complexity index is 656. The molecule has 0 saturated carbocycles. The topological polar surface area (TPSA) is 97.9 Å². The first-order valence-corrected chi connectivity index (χ1v) is 6.59. The van der Waals surface area contributed by atoms with Crippen LogP contribution in [0.4, 0.5) is 11.5 Å². The minimum atomic E-state index is -0.229. The molecule has 2 rings (SSSR count). The lowest BCUT2D eigenvalue weighted by Crippen LogP contribution is -2.20. The van der Waals surface area contributed by atoms with Gasteiger partial charge in [-0.3, -0.25) is 9.48 Å². The van der Waals surface area contributed by atoms with Crippen LogP contribution in [0.3, 0.4) is 0 Å². The number of nitrogen functional groups attached to an aromatic ring is 1. The molecule has 2 aromatic heterocycles. The molecule has 0 aliphatic carbocycles. The Hall–Kier alpha value is -2.41. The maximum atomic E-state index is 12.3. The van der Waals surface area contributed by atoms with Crippen molar-refractivity contribution in [1.29, 1.82) is 0 Å². The Morgan fingerprint density at radius 1 is 1.33 bits per heavy atom. The van der Waals surface area contributed by atoms with E-state index < -0.39 is 0 Å². The van der Waals surface area contributed by atoms with Gasteiger partial charge in [0.1, 0.15) is 5.82 Å². The summed E-state index contributed by atoms with van der Waals surface area (Å²) in [6.45, 7) is 6.08. The fourth-order valence-corrected chi connectivity index (χ4v) is 1.81. The minimum absolute atomic E-state index is 0.184. The van der Waals surface area contributed by atoms with E-state index in [-0.39, 0.29) is 11.3 Å². The van der Waals surface area contributed by atoms with Crippen molar-refractivity contribution in [3.8, 4) is 0 Å². The molecule has 0 aliphatic rings. The molecule has 0 atom stereocenters. The molecule has 21 heavy (non-hydrogen) atoms. The lowest BCUT2D eigenvalue weighted by atomic mass is 9.90.